The average Bonchev–Trinajstić information content (AvgIpc) is 2.46. The summed E-state index contributed by atoms with van der Waals surface area (Å²) in [7, 11) is 0. The lowest BCUT2D eigenvalue weighted by atomic mass is 9.47. The standard InChI is InChI=1S/C12H18O/c1-8-7-12-6-2-3-9(12)4-5-10(13)11(8)12/h9-11,13H,1-7H2/t9-,10?,11-,12+/m1/s1. The van der Waals surface area contributed by atoms with E-state index in [1.54, 1.807) is 0 Å². The maximum absolute atomic E-state index is 9.95. The highest BCUT2D eigenvalue weighted by molar-refractivity contribution is 5.27. The van der Waals surface area contributed by atoms with E-state index in [1.807, 2.05) is 0 Å². The maximum Gasteiger partial charge on any atom is 0.0611 e. The number of aliphatic hydroxyl groups excluding tert-OH is 1. The zero-order valence-electron chi connectivity index (χ0n) is 8.13. The van der Waals surface area contributed by atoms with Crippen LogP contribution in [0.1, 0.15) is 38.5 Å². The van der Waals surface area contributed by atoms with Crippen molar-refractivity contribution < 1.29 is 5.11 Å². The van der Waals surface area contributed by atoms with Crippen molar-refractivity contribution in [3.63, 3.8) is 0 Å². The van der Waals surface area contributed by atoms with Gasteiger partial charge >= 0.3 is 0 Å². The van der Waals surface area contributed by atoms with Gasteiger partial charge in [0.1, 0.15) is 0 Å². The Morgan fingerprint density at radius 1 is 1.31 bits per heavy atom. The van der Waals surface area contributed by atoms with Crippen molar-refractivity contribution in [2.45, 2.75) is 44.6 Å². The van der Waals surface area contributed by atoms with Crippen LogP contribution in [0.3, 0.4) is 0 Å². The Morgan fingerprint density at radius 2 is 2.15 bits per heavy atom. The molecule has 0 radical (unpaired) electrons. The van der Waals surface area contributed by atoms with Crippen LogP contribution in [0.2, 0.25) is 0 Å². The van der Waals surface area contributed by atoms with E-state index in [0.717, 1.165) is 12.3 Å². The smallest absolute Gasteiger partial charge is 0.0611 e. The third kappa shape index (κ3) is 0.817. The minimum Gasteiger partial charge on any atom is -0.392 e. The molecule has 0 bridgehead atoms. The molecule has 3 aliphatic carbocycles. The Labute approximate surface area is 79.8 Å². The van der Waals surface area contributed by atoms with Gasteiger partial charge in [-0.2, -0.15) is 0 Å². The quantitative estimate of drug-likeness (QED) is 0.565. The van der Waals surface area contributed by atoms with Crippen LogP contribution in [0.4, 0.5) is 0 Å². The molecule has 0 saturated heterocycles. The molecule has 1 spiro atoms. The first kappa shape index (κ1) is 8.05. The van der Waals surface area contributed by atoms with Gasteiger partial charge < -0.3 is 5.11 Å². The van der Waals surface area contributed by atoms with Crippen LogP contribution in [0, 0.1) is 17.3 Å². The van der Waals surface area contributed by atoms with E-state index in [4.69, 9.17) is 0 Å². The number of hydrogen-bond acceptors (Lipinski definition) is 1. The summed E-state index contributed by atoms with van der Waals surface area (Å²) in [6.45, 7) is 4.09. The Balaban J connectivity index is 1.95. The molecule has 0 aliphatic heterocycles. The molecule has 0 heterocycles. The molecule has 3 saturated carbocycles. The van der Waals surface area contributed by atoms with E-state index in [1.165, 1.54) is 37.7 Å². The summed E-state index contributed by atoms with van der Waals surface area (Å²) in [5, 5.41) is 9.95. The Hall–Kier alpha value is -0.300. The fourth-order valence-corrected chi connectivity index (χ4v) is 4.36. The van der Waals surface area contributed by atoms with Gasteiger partial charge in [0.25, 0.3) is 0 Å². The Morgan fingerprint density at radius 3 is 2.92 bits per heavy atom. The van der Waals surface area contributed by atoms with Crippen molar-refractivity contribution in [1.82, 2.24) is 0 Å². The van der Waals surface area contributed by atoms with Gasteiger partial charge in [0.2, 0.25) is 0 Å². The molecule has 1 unspecified atom stereocenters. The normalized spacial score (nSPS) is 53.9. The predicted octanol–water partition coefficient (Wildman–Crippen LogP) is 2.50. The molecule has 0 aromatic rings. The van der Waals surface area contributed by atoms with Crippen LogP contribution in [-0.2, 0) is 0 Å². The summed E-state index contributed by atoms with van der Waals surface area (Å²) in [6.07, 6.45) is 7.62. The zero-order chi connectivity index (χ0) is 9.05. The van der Waals surface area contributed by atoms with E-state index >= 15 is 0 Å². The highest BCUT2D eigenvalue weighted by atomic mass is 16.3. The first-order chi connectivity index (χ1) is 6.24. The Bertz CT molecular complexity index is 258. The van der Waals surface area contributed by atoms with E-state index in [0.29, 0.717) is 11.3 Å². The topological polar surface area (TPSA) is 20.2 Å². The van der Waals surface area contributed by atoms with Crippen LogP contribution < -0.4 is 0 Å². The summed E-state index contributed by atoms with van der Waals surface area (Å²) in [5.74, 6) is 1.40. The first-order valence-electron chi connectivity index (χ1n) is 5.60. The molecule has 1 nitrogen and oxygen atoms in total. The maximum atomic E-state index is 9.95. The summed E-state index contributed by atoms with van der Waals surface area (Å²) in [4.78, 5) is 0. The van der Waals surface area contributed by atoms with Gasteiger partial charge in [-0.25, -0.2) is 0 Å². The second-order valence-corrected chi connectivity index (χ2v) is 5.28. The monoisotopic (exact) mass is 178 g/mol. The van der Waals surface area contributed by atoms with Gasteiger partial charge in [-0.05, 0) is 43.4 Å². The molecule has 0 aromatic carbocycles. The highest BCUT2D eigenvalue weighted by Crippen LogP contribution is 2.67. The van der Waals surface area contributed by atoms with Crippen LogP contribution >= 0.6 is 0 Å². The molecule has 3 aliphatic rings. The molecule has 0 aromatic heterocycles. The van der Waals surface area contributed by atoms with E-state index in [2.05, 4.69) is 6.58 Å². The van der Waals surface area contributed by atoms with E-state index in [-0.39, 0.29) is 6.10 Å². The SMILES string of the molecule is C=C1C[C@@]23CCC[C@@H]2CCC(O)[C@@H]13. The number of rotatable bonds is 0. The van der Waals surface area contributed by atoms with E-state index in [9.17, 15) is 5.11 Å². The van der Waals surface area contributed by atoms with Crippen molar-refractivity contribution in [2.24, 2.45) is 17.3 Å². The molecule has 1 heteroatoms. The van der Waals surface area contributed by atoms with Crippen LogP contribution in [0.15, 0.2) is 12.2 Å². The van der Waals surface area contributed by atoms with Crippen molar-refractivity contribution in [1.29, 1.82) is 0 Å². The fraction of sp³-hybridized carbons (Fsp3) is 0.833. The molecule has 1 N–H and O–H groups in total. The summed E-state index contributed by atoms with van der Waals surface area (Å²) >= 11 is 0. The molecule has 13 heavy (non-hydrogen) atoms. The van der Waals surface area contributed by atoms with Gasteiger partial charge in [0.15, 0.2) is 0 Å². The first-order valence-corrected chi connectivity index (χ1v) is 5.60. The lowest BCUT2D eigenvalue weighted by Gasteiger charge is -2.58. The van der Waals surface area contributed by atoms with Gasteiger partial charge in [-0.15, -0.1) is 0 Å². The minimum atomic E-state index is -0.0596. The van der Waals surface area contributed by atoms with Gasteiger partial charge in [0.05, 0.1) is 6.10 Å². The third-order valence-corrected chi connectivity index (χ3v) is 4.82. The molecule has 3 fully saturated rings. The summed E-state index contributed by atoms with van der Waals surface area (Å²) < 4.78 is 0. The number of hydrogen-bond donors (Lipinski definition) is 1. The minimum absolute atomic E-state index is 0.0596. The average molecular weight is 178 g/mol. The van der Waals surface area contributed by atoms with Crippen molar-refractivity contribution in [2.75, 3.05) is 0 Å². The molecule has 4 atom stereocenters. The second-order valence-electron chi connectivity index (χ2n) is 5.28. The molecule has 72 valence electrons. The highest BCUT2D eigenvalue weighted by Gasteiger charge is 2.60. The number of aliphatic hydroxyl groups is 1. The van der Waals surface area contributed by atoms with Gasteiger partial charge in [0, 0.05) is 5.92 Å². The van der Waals surface area contributed by atoms with Gasteiger partial charge in [-0.3, -0.25) is 0 Å². The predicted molar refractivity (Wildman–Crippen MR) is 52.3 cm³/mol. The summed E-state index contributed by atoms with van der Waals surface area (Å²) in [6, 6.07) is 0. The molecular weight excluding hydrogens is 160 g/mol. The zero-order valence-corrected chi connectivity index (χ0v) is 8.13. The van der Waals surface area contributed by atoms with E-state index < -0.39 is 0 Å². The van der Waals surface area contributed by atoms with Crippen LogP contribution in [0.25, 0.3) is 0 Å². The Kier molecular flexibility index (Phi) is 1.48. The summed E-state index contributed by atoms with van der Waals surface area (Å²) in [5.41, 5.74) is 1.86. The van der Waals surface area contributed by atoms with Crippen LogP contribution in [0.5, 0.6) is 0 Å². The van der Waals surface area contributed by atoms with Gasteiger partial charge in [-0.1, -0.05) is 18.6 Å². The van der Waals surface area contributed by atoms with Crippen molar-refractivity contribution >= 4 is 0 Å². The van der Waals surface area contributed by atoms with Crippen LogP contribution in [-0.4, -0.2) is 11.2 Å². The lowest BCUT2D eigenvalue weighted by Crippen LogP contribution is -2.53. The molecule has 0 amide bonds. The fourth-order valence-electron chi connectivity index (χ4n) is 4.36. The molecular formula is C12H18O. The third-order valence-electron chi connectivity index (χ3n) is 4.82. The lowest BCUT2D eigenvalue weighted by molar-refractivity contribution is -0.0775. The second kappa shape index (κ2) is 2.38. The van der Waals surface area contributed by atoms with Crippen molar-refractivity contribution in [3.8, 4) is 0 Å². The van der Waals surface area contributed by atoms with Crippen molar-refractivity contribution in [3.05, 3.63) is 12.2 Å². The largest absolute Gasteiger partial charge is 0.392 e. The molecule has 3 rings (SSSR count).